The van der Waals surface area contributed by atoms with Crippen LogP contribution in [-0.2, 0) is 14.3 Å². The van der Waals surface area contributed by atoms with E-state index in [1.165, 1.54) is 0 Å². The summed E-state index contributed by atoms with van der Waals surface area (Å²) in [4.78, 5) is 26.1. The van der Waals surface area contributed by atoms with Crippen molar-refractivity contribution in [2.45, 2.75) is 71.3 Å². The number of rotatable bonds is 3. The van der Waals surface area contributed by atoms with Crippen molar-refractivity contribution >= 4 is 12.0 Å². The summed E-state index contributed by atoms with van der Waals surface area (Å²) in [6.45, 7) is 10.7. The van der Waals surface area contributed by atoms with Crippen LogP contribution in [0.15, 0.2) is 0 Å². The van der Waals surface area contributed by atoms with Gasteiger partial charge in [-0.15, -0.1) is 0 Å². The van der Waals surface area contributed by atoms with Gasteiger partial charge in [0, 0.05) is 19.1 Å². The fourth-order valence-corrected chi connectivity index (χ4v) is 2.81. The summed E-state index contributed by atoms with van der Waals surface area (Å²) < 4.78 is 10.5. The Labute approximate surface area is 132 Å². The molecule has 0 radical (unpaired) electrons. The summed E-state index contributed by atoms with van der Waals surface area (Å²) in [5, 5.41) is 2.78. The highest BCUT2D eigenvalue weighted by Gasteiger charge is 2.46. The van der Waals surface area contributed by atoms with Crippen molar-refractivity contribution in [1.29, 1.82) is 0 Å². The molecular formula is C16H28N2O4. The van der Waals surface area contributed by atoms with Crippen molar-refractivity contribution in [3.05, 3.63) is 0 Å². The summed E-state index contributed by atoms with van der Waals surface area (Å²) in [5.74, 6) is 0.533. The van der Waals surface area contributed by atoms with E-state index in [9.17, 15) is 9.59 Å². The number of nitrogens with one attached hydrogen (secondary N) is 1. The Kier molecular flexibility index (Phi) is 5.00. The Bertz CT molecular complexity index is 432. The number of piperidine rings is 1. The SMILES string of the molecule is CC1CCC(CNC(=O)OC(C)(C)C)N(C(=O)[C@@H]2O[C@H]2C)C1. The molecule has 6 heteroatoms. The standard InChI is InChI=1S/C16H28N2O4/c1-10-6-7-12(8-17-15(20)22-16(3,4)5)18(9-10)14(19)13-11(2)21-13/h10-13H,6-9H2,1-5H3,(H,17,20)/t10?,11-,12?,13+/m0/s1. The Morgan fingerprint density at radius 2 is 1.91 bits per heavy atom. The number of likely N-dealkylation sites (tertiary alicyclic amines) is 1. The molecule has 2 aliphatic rings. The number of ether oxygens (including phenoxy) is 2. The maximum absolute atomic E-state index is 12.5. The van der Waals surface area contributed by atoms with Crippen LogP contribution in [0.25, 0.3) is 0 Å². The van der Waals surface area contributed by atoms with E-state index >= 15 is 0 Å². The van der Waals surface area contributed by atoms with E-state index in [1.54, 1.807) is 0 Å². The lowest BCUT2D eigenvalue weighted by Crippen LogP contribution is -2.53. The number of amides is 2. The molecule has 0 saturated carbocycles. The van der Waals surface area contributed by atoms with Crippen LogP contribution in [-0.4, -0.2) is 53.8 Å². The summed E-state index contributed by atoms with van der Waals surface area (Å²) in [6, 6.07) is 0.0209. The lowest BCUT2D eigenvalue weighted by molar-refractivity contribution is -0.137. The van der Waals surface area contributed by atoms with Crippen molar-refractivity contribution < 1.29 is 19.1 Å². The predicted molar refractivity (Wildman–Crippen MR) is 82.5 cm³/mol. The molecule has 0 aromatic heterocycles. The molecule has 2 unspecified atom stereocenters. The maximum Gasteiger partial charge on any atom is 0.407 e. The van der Waals surface area contributed by atoms with Crippen LogP contribution in [0.4, 0.5) is 4.79 Å². The van der Waals surface area contributed by atoms with E-state index in [-0.39, 0.29) is 24.2 Å². The summed E-state index contributed by atoms with van der Waals surface area (Å²) in [7, 11) is 0. The molecule has 0 aliphatic carbocycles. The van der Waals surface area contributed by atoms with Crippen molar-refractivity contribution in [1.82, 2.24) is 10.2 Å². The number of nitrogens with zero attached hydrogens (tertiary/aromatic N) is 1. The molecule has 2 amide bonds. The minimum atomic E-state index is -0.516. The first-order valence-corrected chi connectivity index (χ1v) is 8.10. The minimum Gasteiger partial charge on any atom is -0.444 e. The summed E-state index contributed by atoms with van der Waals surface area (Å²) >= 11 is 0. The van der Waals surface area contributed by atoms with Gasteiger partial charge in [0.1, 0.15) is 5.60 Å². The topological polar surface area (TPSA) is 71.2 Å². The molecule has 22 heavy (non-hydrogen) atoms. The average Bonchev–Trinajstić information content (AvgIpc) is 3.11. The van der Waals surface area contributed by atoms with E-state index in [2.05, 4.69) is 12.2 Å². The average molecular weight is 312 g/mol. The van der Waals surface area contributed by atoms with Gasteiger partial charge in [-0.1, -0.05) is 6.92 Å². The Morgan fingerprint density at radius 3 is 2.45 bits per heavy atom. The largest absolute Gasteiger partial charge is 0.444 e. The number of hydrogen-bond acceptors (Lipinski definition) is 4. The first-order valence-electron chi connectivity index (χ1n) is 8.10. The summed E-state index contributed by atoms with van der Waals surface area (Å²) in [5.41, 5.74) is -0.516. The van der Waals surface area contributed by atoms with E-state index in [1.807, 2.05) is 32.6 Å². The van der Waals surface area contributed by atoms with Crippen LogP contribution < -0.4 is 5.32 Å². The molecule has 1 N–H and O–H groups in total. The molecule has 2 aliphatic heterocycles. The van der Waals surface area contributed by atoms with Crippen molar-refractivity contribution in [3.8, 4) is 0 Å². The zero-order valence-electron chi connectivity index (χ0n) is 14.2. The van der Waals surface area contributed by atoms with E-state index < -0.39 is 11.7 Å². The zero-order valence-corrected chi connectivity index (χ0v) is 14.2. The molecule has 0 aromatic carbocycles. The van der Waals surface area contributed by atoms with Gasteiger partial charge < -0.3 is 19.7 Å². The van der Waals surface area contributed by atoms with Gasteiger partial charge in [0.2, 0.25) is 0 Å². The lowest BCUT2D eigenvalue weighted by atomic mass is 9.93. The van der Waals surface area contributed by atoms with Gasteiger partial charge in [0.05, 0.1) is 6.10 Å². The fourth-order valence-electron chi connectivity index (χ4n) is 2.81. The van der Waals surface area contributed by atoms with Gasteiger partial charge in [-0.05, 0) is 46.5 Å². The molecule has 4 atom stereocenters. The van der Waals surface area contributed by atoms with E-state index in [0.29, 0.717) is 12.5 Å². The Balaban J connectivity index is 1.89. The maximum atomic E-state index is 12.5. The Morgan fingerprint density at radius 1 is 1.27 bits per heavy atom. The molecule has 0 bridgehead atoms. The number of carbonyl (C=O) groups excluding carboxylic acids is 2. The molecule has 126 valence electrons. The highest BCUT2D eigenvalue weighted by Crippen LogP contribution is 2.28. The third kappa shape index (κ3) is 4.60. The fraction of sp³-hybridized carbons (Fsp3) is 0.875. The normalized spacial score (nSPS) is 31.6. The predicted octanol–water partition coefficient (Wildman–Crippen LogP) is 1.93. The van der Waals surface area contributed by atoms with E-state index in [4.69, 9.17) is 9.47 Å². The van der Waals surface area contributed by atoms with Crippen LogP contribution in [0.3, 0.4) is 0 Å². The number of epoxide rings is 1. The van der Waals surface area contributed by atoms with Gasteiger partial charge in [-0.3, -0.25) is 4.79 Å². The van der Waals surface area contributed by atoms with Crippen LogP contribution in [0, 0.1) is 5.92 Å². The zero-order chi connectivity index (χ0) is 16.5. The van der Waals surface area contributed by atoms with E-state index in [0.717, 1.165) is 19.4 Å². The van der Waals surface area contributed by atoms with Gasteiger partial charge in [-0.25, -0.2) is 4.79 Å². The summed E-state index contributed by atoms with van der Waals surface area (Å²) in [6.07, 6.45) is 1.24. The monoisotopic (exact) mass is 312 g/mol. The molecule has 6 nitrogen and oxygen atoms in total. The molecule has 2 saturated heterocycles. The molecular weight excluding hydrogens is 284 g/mol. The third-order valence-corrected chi connectivity index (χ3v) is 4.06. The second kappa shape index (κ2) is 6.44. The van der Waals surface area contributed by atoms with Gasteiger partial charge in [0.25, 0.3) is 5.91 Å². The van der Waals surface area contributed by atoms with Gasteiger partial charge >= 0.3 is 6.09 Å². The second-order valence-electron chi connectivity index (χ2n) is 7.47. The third-order valence-electron chi connectivity index (χ3n) is 4.06. The lowest BCUT2D eigenvalue weighted by Gasteiger charge is -2.38. The molecule has 0 aromatic rings. The first kappa shape index (κ1) is 17.1. The van der Waals surface area contributed by atoms with Crippen molar-refractivity contribution in [2.75, 3.05) is 13.1 Å². The molecule has 0 spiro atoms. The van der Waals surface area contributed by atoms with Crippen molar-refractivity contribution in [2.24, 2.45) is 5.92 Å². The van der Waals surface area contributed by atoms with Crippen LogP contribution in [0.1, 0.15) is 47.5 Å². The minimum absolute atomic E-state index is 0.0178. The Hall–Kier alpha value is -1.30. The molecule has 2 heterocycles. The van der Waals surface area contributed by atoms with Crippen LogP contribution in [0.5, 0.6) is 0 Å². The van der Waals surface area contributed by atoms with Crippen LogP contribution >= 0.6 is 0 Å². The number of carbonyl (C=O) groups is 2. The van der Waals surface area contributed by atoms with Crippen molar-refractivity contribution in [3.63, 3.8) is 0 Å². The second-order valence-corrected chi connectivity index (χ2v) is 7.47. The highest BCUT2D eigenvalue weighted by molar-refractivity contribution is 5.84. The number of hydrogen-bond donors (Lipinski definition) is 1. The molecule has 2 rings (SSSR count). The molecule has 2 fully saturated rings. The van der Waals surface area contributed by atoms with Crippen LogP contribution in [0.2, 0.25) is 0 Å². The quantitative estimate of drug-likeness (QED) is 0.808. The van der Waals surface area contributed by atoms with Gasteiger partial charge in [-0.2, -0.15) is 0 Å². The highest BCUT2D eigenvalue weighted by atomic mass is 16.6. The number of alkyl carbamates (subject to hydrolysis) is 1. The van der Waals surface area contributed by atoms with Gasteiger partial charge in [0.15, 0.2) is 6.10 Å². The smallest absolute Gasteiger partial charge is 0.407 e. The first-order chi connectivity index (χ1) is 10.2.